The van der Waals surface area contributed by atoms with Crippen molar-refractivity contribution >= 4 is 26.6 Å². The molecule has 4 aromatic rings. The van der Waals surface area contributed by atoms with Gasteiger partial charge < -0.3 is 15.0 Å². The van der Waals surface area contributed by atoms with Crippen LogP contribution < -0.4 is 5.32 Å². The summed E-state index contributed by atoms with van der Waals surface area (Å²) in [5, 5.41) is 15.5. The van der Waals surface area contributed by atoms with Crippen molar-refractivity contribution in [3.05, 3.63) is 95.2 Å². The van der Waals surface area contributed by atoms with Crippen LogP contribution in [0.25, 0.3) is 10.9 Å². The Morgan fingerprint density at radius 3 is 2.16 bits per heavy atom. The van der Waals surface area contributed by atoms with Crippen molar-refractivity contribution in [2.45, 2.75) is 57.1 Å². The molecule has 1 aromatic heterocycles. The number of sulfonamides is 1. The van der Waals surface area contributed by atoms with E-state index < -0.39 is 16.1 Å². The number of anilines is 1. The number of hydrogen-bond donors (Lipinski definition) is 2. The molecule has 1 aliphatic heterocycles. The van der Waals surface area contributed by atoms with E-state index in [1.54, 1.807) is 16.4 Å². The number of piperidine rings is 1. The van der Waals surface area contributed by atoms with Crippen molar-refractivity contribution in [3.63, 3.8) is 0 Å². The lowest BCUT2D eigenvalue weighted by atomic mass is 9.88. The van der Waals surface area contributed by atoms with Crippen molar-refractivity contribution in [1.82, 2.24) is 8.87 Å². The number of rotatable bonds is 8. The Bertz CT molecular complexity index is 1500. The number of aromatic nitrogens is 1. The van der Waals surface area contributed by atoms with Crippen LogP contribution in [-0.4, -0.2) is 48.1 Å². The van der Waals surface area contributed by atoms with Gasteiger partial charge in [0.1, 0.15) is 0 Å². The summed E-state index contributed by atoms with van der Waals surface area (Å²) in [7, 11) is -3.49. The molecule has 2 heterocycles. The first-order valence-electron chi connectivity index (χ1n) is 13.4. The zero-order chi connectivity index (χ0) is 26.9. The average Bonchev–Trinajstić information content (AvgIpc) is 3.19. The predicted molar refractivity (Wildman–Crippen MR) is 154 cm³/mol. The van der Waals surface area contributed by atoms with Crippen LogP contribution in [0.3, 0.4) is 0 Å². The van der Waals surface area contributed by atoms with Crippen molar-refractivity contribution < 1.29 is 13.5 Å². The number of aryl methyl sites for hydroxylation is 2. The molecule has 1 saturated heterocycles. The molecule has 0 saturated carbocycles. The molecule has 1 fully saturated rings. The lowest BCUT2D eigenvalue weighted by molar-refractivity contribution is 0.167. The summed E-state index contributed by atoms with van der Waals surface area (Å²) in [4.78, 5) is 0.363. The molecular formula is C31H37N3O3S. The first-order chi connectivity index (χ1) is 18.2. The number of nitrogens with one attached hydrogen (secondary N) is 1. The largest absolute Gasteiger partial charge is 0.389 e. The van der Waals surface area contributed by atoms with Gasteiger partial charge in [-0.05, 0) is 75.4 Å². The van der Waals surface area contributed by atoms with Gasteiger partial charge in [-0.25, -0.2) is 8.42 Å². The molecule has 38 heavy (non-hydrogen) atoms. The molecule has 3 aromatic carbocycles. The van der Waals surface area contributed by atoms with E-state index in [1.165, 1.54) is 16.5 Å². The zero-order valence-electron chi connectivity index (χ0n) is 22.4. The molecule has 0 amide bonds. The molecule has 2 N–H and O–H groups in total. The molecule has 7 heteroatoms. The van der Waals surface area contributed by atoms with Crippen LogP contribution in [0.15, 0.2) is 77.7 Å². The summed E-state index contributed by atoms with van der Waals surface area (Å²) in [5.74, 6) is 0.272. The SMILES string of the molecule is Cc1ccc(NC[C@H](O)Cn2c(C)c(C3CCN(S(=O)(=O)c4ccc(C)cc4)CC3)c3ccccc32)cc1. The van der Waals surface area contributed by atoms with Crippen molar-refractivity contribution in [3.8, 4) is 0 Å². The zero-order valence-corrected chi connectivity index (χ0v) is 23.2. The lowest BCUT2D eigenvalue weighted by Gasteiger charge is -2.31. The molecule has 0 radical (unpaired) electrons. The van der Waals surface area contributed by atoms with Crippen LogP contribution in [0.4, 0.5) is 5.69 Å². The fourth-order valence-corrected chi connectivity index (χ4v) is 7.10. The first-order valence-corrected chi connectivity index (χ1v) is 14.8. The van der Waals surface area contributed by atoms with Crippen LogP contribution in [0.2, 0.25) is 0 Å². The third kappa shape index (κ3) is 5.37. The second kappa shape index (κ2) is 10.9. The van der Waals surface area contributed by atoms with E-state index in [4.69, 9.17) is 0 Å². The van der Waals surface area contributed by atoms with Gasteiger partial charge >= 0.3 is 0 Å². The van der Waals surface area contributed by atoms with Gasteiger partial charge in [-0.3, -0.25) is 0 Å². The number of aliphatic hydroxyl groups is 1. The second-order valence-corrected chi connectivity index (χ2v) is 12.5. The molecule has 200 valence electrons. The van der Waals surface area contributed by atoms with Gasteiger partial charge in [0.15, 0.2) is 0 Å². The predicted octanol–water partition coefficient (Wildman–Crippen LogP) is 5.61. The maximum atomic E-state index is 13.2. The molecule has 1 atom stereocenters. The van der Waals surface area contributed by atoms with Crippen LogP contribution in [0.1, 0.15) is 41.1 Å². The van der Waals surface area contributed by atoms with Gasteiger partial charge in [0.05, 0.1) is 17.5 Å². The molecule has 0 aliphatic carbocycles. The number of fused-ring (bicyclic) bond motifs is 1. The van der Waals surface area contributed by atoms with E-state index in [1.807, 2.05) is 37.3 Å². The quantitative estimate of drug-likeness (QED) is 0.310. The topological polar surface area (TPSA) is 74.6 Å². The summed E-state index contributed by atoms with van der Waals surface area (Å²) in [6.07, 6.45) is 0.995. The Balaban J connectivity index is 1.32. The molecular weight excluding hydrogens is 494 g/mol. The minimum atomic E-state index is -3.49. The highest BCUT2D eigenvalue weighted by atomic mass is 32.2. The van der Waals surface area contributed by atoms with E-state index in [0.717, 1.165) is 35.3 Å². The minimum absolute atomic E-state index is 0.272. The van der Waals surface area contributed by atoms with Crippen LogP contribution in [-0.2, 0) is 16.6 Å². The average molecular weight is 532 g/mol. The summed E-state index contributed by atoms with van der Waals surface area (Å²) < 4.78 is 30.3. The molecule has 0 spiro atoms. The van der Waals surface area contributed by atoms with Crippen LogP contribution in [0, 0.1) is 20.8 Å². The third-order valence-corrected chi connectivity index (χ3v) is 9.70. The normalized spacial score (nSPS) is 16.1. The smallest absolute Gasteiger partial charge is 0.243 e. The van der Waals surface area contributed by atoms with E-state index in [9.17, 15) is 13.5 Å². The maximum absolute atomic E-state index is 13.2. The highest BCUT2D eigenvalue weighted by Gasteiger charge is 2.32. The summed E-state index contributed by atoms with van der Waals surface area (Å²) >= 11 is 0. The van der Waals surface area contributed by atoms with Crippen LogP contribution >= 0.6 is 0 Å². The highest BCUT2D eigenvalue weighted by Crippen LogP contribution is 2.38. The highest BCUT2D eigenvalue weighted by molar-refractivity contribution is 7.89. The maximum Gasteiger partial charge on any atom is 0.243 e. The Morgan fingerprint density at radius 1 is 0.895 bits per heavy atom. The van der Waals surface area contributed by atoms with Crippen LogP contribution in [0.5, 0.6) is 0 Å². The van der Waals surface area contributed by atoms with Crippen molar-refractivity contribution in [2.75, 3.05) is 25.0 Å². The first kappa shape index (κ1) is 26.5. The van der Waals surface area contributed by atoms with E-state index in [-0.39, 0.29) is 5.92 Å². The minimum Gasteiger partial charge on any atom is -0.389 e. The summed E-state index contributed by atoms with van der Waals surface area (Å²) in [6, 6.07) is 23.6. The van der Waals surface area contributed by atoms with Gasteiger partial charge in [0.2, 0.25) is 10.0 Å². The fraction of sp³-hybridized carbons (Fsp3) is 0.355. The number of para-hydroxylation sites is 1. The third-order valence-electron chi connectivity index (χ3n) is 7.79. The molecule has 5 rings (SSSR count). The van der Waals surface area contributed by atoms with E-state index >= 15 is 0 Å². The Kier molecular flexibility index (Phi) is 7.61. The van der Waals surface area contributed by atoms with Gasteiger partial charge in [-0.2, -0.15) is 4.31 Å². The van der Waals surface area contributed by atoms with Crippen molar-refractivity contribution in [2.24, 2.45) is 0 Å². The fourth-order valence-electron chi connectivity index (χ4n) is 5.63. The number of benzene rings is 3. The van der Waals surface area contributed by atoms with Gasteiger partial charge in [-0.1, -0.05) is 53.6 Å². The molecule has 1 aliphatic rings. The molecule has 6 nitrogen and oxygen atoms in total. The Hall–Kier alpha value is -3.13. The monoisotopic (exact) mass is 531 g/mol. The molecule has 0 bridgehead atoms. The summed E-state index contributed by atoms with van der Waals surface area (Å²) in [6.45, 7) is 8.10. The van der Waals surface area contributed by atoms with Gasteiger partial charge in [0, 0.05) is 41.9 Å². The Morgan fingerprint density at radius 2 is 1.50 bits per heavy atom. The van der Waals surface area contributed by atoms with Crippen molar-refractivity contribution in [1.29, 1.82) is 0 Å². The van der Waals surface area contributed by atoms with Gasteiger partial charge in [0.25, 0.3) is 0 Å². The van der Waals surface area contributed by atoms with E-state index in [2.05, 4.69) is 54.1 Å². The standard InChI is InChI=1S/C31H37N3O3S/c1-22-8-12-26(13-9-22)32-20-27(35)21-34-24(3)31(29-6-4-5-7-30(29)34)25-16-18-33(19-17-25)38(36,37)28-14-10-23(2)11-15-28/h4-15,25,27,32,35H,16-21H2,1-3H3/t27-/m0/s1. The Labute approximate surface area is 226 Å². The molecule has 0 unspecified atom stereocenters. The lowest BCUT2D eigenvalue weighted by Crippen LogP contribution is -2.38. The summed E-state index contributed by atoms with van der Waals surface area (Å²) in [5.41, 5.74) is 6.80. The number of aliphatic hydroxyl groups excluding tert-OH is 1. The second-order valence-electron chi connectivity index (χ2n) is 10.5. The number of nitrogens with zero attached hydrogens (tertiary/aromatic N) is 2. The van der Waals surface area contributed by atoms with E-state index in [0.29, 0.717) is 31.1 Å². The van der Waals surface area contributed by atoms with Gasteiger partial charge in [-0.15, -0.1) is 0 Å². The number of hydrogen-bond acceptors (Lipinski definition) is 4.